The predicted molar refractivity (Wildman–Crippen MR) is 111 cm³/mol. The van der Waals surface area contributed by atoms with Crippen molar-refractivity contribution in [3.63, 3.8) is 0 Å². The fourth-order valence-electron chi connectivity index (χ4n) is 4.58. The van der Waals surface area contributed by atoms with Gasteiger partial charge in [0.15, 0.2) is 17.3 Å². The van der Waals surface area contributed by atoms with E-state index in [4.69, 9.17) is 23.7 Å². The van der Waals surface area contributed by atoms with E-state index in [9.17, 15) is 4.79 Å². The zero-order valence-electron chi connectivity index (χ0n) is 18.1. The number of ketones is 1. The molecular formula is C23H26O6. The van der Waals surface area contributed by atoms with Gasteiger partial charge in [0.2, 0.25) is 5.75 Å². The lowest BCUT2D eigenvalue weighted by atomic mass is 9.76. The number of hydrogen-bond donors (Lipinski definition) is 0. The third-order valence-corrected chi connectivity index (χ3v) is 6.28. The van der Waals surface area contributed by atoms with Crippen LogP contribution in [0.25, 0.3) is 16.3 Å². The van der Waals surface area contributed by atoms with E-state index in [-0.39, 0.29) is 17.3 Å². The first-order valence-electron chi connectivity index (χ1n) is 9.54. The average molecular weight is 398 g/mol. The Labute approximate surface area is 170 Å². The SMILES string of the molecule is COc1c(OC)c2c3c(c4c(c(OC)c3c1OC)C(C)(C)C(C)O4)C(C)=CC2=O. The number of ether oxygens (including phenoxy) is 5. The van der Waals surface area contributed by atoms with Crippen molar-refractivity contribution in [2.45, 2.75) is 39.2 Å². The van der Waals surface area contributed by atoms with Gasteiger partial charge in [-0.25, -0.2) is 0 Å². The Morgan fingerprint density at radius 1 is 0.862 bits per heavy atom. The Morgan fingerprint density at radius 3 is 2.00 bits per heavy atom. The van der Waals surface area contributed by atoms with Crippen LogP contribution in [0.15, 0.2) is 6.08 Å². The molecular weight excluding hydrogens is 372 g/mol. The zero-order valence-corrected chi connectivity index (χ0v) is 18.1. The number of carbonyl (C=O) groups is 1. The van der Waals surface area contributed by atoms with Crippen LogP contribution in [0.2, 0.25) is 0 Å². The molecule has 6 nitrogen and oxygen atoms in total. The number of benzene rings is 2. The third-order valence-electron chi connectivity index (χ3n) is 6.28. The van der Waals surface area contributed by atoms with Crippen LogP contribution in [0.5, 0.6) is 28.7 Å². The summed E-state index contributed by atoms with van der Waals surface area (Å²) in [6.07, 6.45) is 1.56. The van der Waals surface area contributed by atoms with Gasteiger partial charge in [0.05, 0.1) is 39.4 Å². The predicted octanol–water partition coefficient (Wildman–Crippen LogP) is 4.53. The summed E-state index contributed by atoms with van der Waals surface area (Å²) in [4.78, 5) is 13.1. The van der Waals surface area contributed by atoms with Crippen LogP contribution >= 0.6 is 0 Å². The van der Waals surface area contributed by atoms with Crippen LogP contribution in [0.4, 0.5) is 0 Å². The standard InChI is InChI=1S/C23H26O6/c1-10-9-12(24)14-15-13(10)19-17(23(3,4)11(2)29-19)18(25-5)16(15)21(27-7)22(28-8)20(14)26-6/h9,11H,1-8H3. The van der Waals surface area contributed by atoms with Crippen LogP contribution in [-0.2, 0) is 5.41 Å². The van der Waals surface area contributed by atoms with E-state index in [1.165, 1.54) is 14.2 Å². The van der Waals surface area contributed by atoms with E-state index >= 15 is 0 Å². The van der Waals surface area contributed by atoms with Crippen molar-refractivity contribution in [3.05, 3.63) is 22.8 Å². The first kappa shape index (κ1) is 19.4. The van der Waals surface area contributed by atoms with Crippen molar-refractivity contribution in [2.75, 3.05) is 28.4 Å². The first-order chi connectivity index (χ1) is 13.7. The molecule has 0 radical (unpaired) electrons. The molecule has 1 aliphatic carbocycles. The van der Waals surface area contributed by atoms with E-state index in [2.05, 4.69) is 13.8 Å². The molecule has 2 aromatic rings. The molecule has 1 aliphatic heterocycles. The van der Waals surface area contributed by atoms with Crippen LogP contribution < -0.4 is 23.7 Å². The highest BCUT2D eigenvalue weighted by molar-refractivity contribution is 6.27. The topological polar surface area (TPSA) is 63.2 Å². The van der Waals surface area contributed by atoms with Gasteiger partial charge >= 0.3 is 0 Å². The maximum absolute atomic E-state index is 13.1. The van der Waals surface area contributed by atoms with Crippen LogP contribution in [0, 0.1) is 0 Å². The third kappa shape index (κ3) is 2.26. The van der Waals surface area contributed by atoms with Crippen molar-refractivity contribution in [2.24, 2.45) is 0 Å². The second-order valence-corrected chi connectivity index (χ2v) is 8.01. The second-order valence-electron chi connectivity index (χ2n) is 8.01. The number of rotatable bonds is 4. The molecule has 0 fully saturated rings. The van der Waals surface area contributed by atoms with E-state index in [0.29, 0.717) is 39.3 Å². The number of hydrogen-bond acceptors (Lipinski definition) is 6. The van der Waals surface area contributed by atoms with Gasteiger partial charge in [-0.05, 0) is 25.5 Å². The zero-order chi connectivity index (χ0) is 21.2. The largest absolute Gasteiger partial charge is 0.496 e. The van der Waals surface area contributed by atoms with Crippen LogP contribution in [0.3, 0.4) is 0 Å². The Kier molecular flexibility index (Phi) is 4.22. The van der Waals surface area contributed by atoms with Gasteiger partial charge in [-0.3, -0.25) is 4.79 Å². The Morgan fingerprint density at radius 2 is 1.45 bits per heavy atom. The molecule has 2 aromatic carbocycles. The highest BCUT2D eigenvalue weighted by atomic mass is 16.5. The van der Waals surface area contributed by atoms with E-state index in [1.54, 1.807) is 20.3 Å². The summed E-state index contributed by atoms with van der Waals surface area (Å²) in [5.74, 6) is 2.43. The summed E-state index contributed by atoms with van der Waals surface area (Å²) < 4.78 is 29.3. The first-order valence-corrected chi connectivity index (χ1v) is 9.54. The van der Waals surface area contributed by atoms with Crippen molar-refractivity contribution >= 4 is 22.1 Å². The van der Waals surface area contributed by atoms with Crippen molar-refractivity contribution in [1.82, 2.24) is 0 Å². The maximum atomic E-state index is 13.1. The molecule has 29 heavy (non-hydrogen) atoms. The average Bonchev–Trinajstić information content (AvgIpc) is 2.92. The van der Waals surface area contributed by atoms with Gasteiger partial charge in [-0.1, -0.05) is 13.8 Å². The van der Waals surface area contributed by atoms with Crippen molar-refractivity contribution < 1.29 is 28.5 Å². The minimum Gasteiger partial charge on any atom is -0.496 e. The molecule has 0 saturated heterocycles. The molecule has 0 spiro atoms. The summed E-state index contributed by atoms with van der Waals surface area (Å²) in [5.41, 5.74) is 2.81. The minimum atomic E-state index is -0.300. The van der Waals surface area contributed by atoms with Crippen LogP contribution in [0.1, 0.15) is 49.2 Å². The van der Waals surface area contributed by atoms with Crippen molar-refractivity contribution in [1.29, 1.82) is 0 Å². The molecule has 0 N–H and O–H groups in total. The second kappa shape index (κ2) is 6.31. The van der Waals surface area contributed by atoms with Gasteiger partial charge in [0.25, 0.3) is 0 Å². The smallest absolute Gasteiger partial charge is 0.204 e. The molecule has 4 rings (SSSR count). The summed E-state index contributed by atoms with van der Waals surface area (Å²) in [6, 6.07) is 0. The van der Waals surface area contributed by atoms with E-state index in [0.717, 1.165) is 22.4 Å². The molecule has 0 aromatic heterocycles. The fourth-order valence-corrected chi connectivity index (χ4v) is 4.58. The van der Waals surface area contributed by atoms with Gasteiger partial charge in [0.1, 0.15) is 17.6 Å². The monoisotopic (exact) mass is 398 g/mol. The molecule has 1 heterocycles. The molecule has 0 amide bonds. The molecule has 0 bridgehead atoms. The van der Waals surface area contributed by atoms with Crippen LogP contribution in [-0.4, -0.2) is 40.3 Å². The molecule has 154 valence electrons. The summed E-state index contributed by atoms with van der Waals surface area (Å²) in [7, 11) is 6.25. The van der Waals surface area contributed by atoms with Gasteiger partial charge < -0.3 is 23.7 Å². The summed E-state index contributed by atoms with van der Waals surface area (Å²) in [6.45, 7) is 8.23. The maximum Gasteiger partial charge on any atom is 0.204 e. The molecule has 1 atom stereocenters. The normalized spacial score (nSPS) is 18.8. The quantitative estimate of drug-likeness (QED) is 0.754. The van der Waals surface area contributed by atoms with E-state index < -0.39 is 0 Å². The lowest BCUT2D eigenvalue weighted by molar-refractivity contribution is 0.104. The highest BCUT2D eigenvalue weighted by Gasteiger charge is 2.46. The van der Waals surface area contributed by atoms with Crippen molar-refractivity contribution in [3.8, 4) is 28.7 Å². The minimum absolute atomic E-state index is 0.0665. The summed E-state index contributed by atoms with van der Waals surface area (Å²) in [5, 5.41) is 1.41. The molecule has 1 unspecified atom stereocenters. The Hall–Kier alpha value is -2.89. The van der Waals surface area contributed by atoms with Gasteiger partial charge in [-0.15, -0.1) is 0 Å². The lowest BCUT2D eigenvalue weighted by Crippen LogP contribution is -2.29. The number of fused-ring (bicyclic) bond motifs is 2. The van der Waals surface area contributed by atoms with Gasteiger partial charge in [0, 0.05) is 21.9 Å². The van der Waals surface area contributed by atoms with Gasteiger partial charge in [-0.2, -0.15) is 0 Å². The molecule has 0 saturated carbocycles. The summed E-state index contributed by atoms with van der Waals surface area (Å²) >= 11 is 0. The number of carbonyl (C=O) groups excluding carboxylic acids is 1. The van der Waals surface area contributed by atoms with E-state index in [1.807, 2.05) is 13.8 Å². The fraction of sp³-hybridized carbons (Fsp3) is 0.435. The Bertz CT molecular complexity index is 1090. The lowest BCUT2D eigenvalue weighted by Gasteiger charge is -2.28. The molecule has 6 heteroatoms. The number of methoxy groups -OCH3 is 4. The Balaban J connectivity index is 2.38. The highest BCUT2D eigenvalue weighted by Crippen LogP contribution is 2.61. The molecule has 2 aliphatic rings. The number of allylic oxidation sites excluding steroid dienone is 2.